The molecule has 2 N–H and O–H groups in total. The van der Waals surface area contributed by atoms with Crippen molar-refractivity contribution in [3.8, 4) is 5.75 Å². The second kappa shape index (κ2) is 5.46. The Bertz CT molecular complexity index is 575. The standard InChI is InChI=1S/C13H10Cl2FNO/c14-9-5-4-8(11(17)6-9)7-18-12-3-1-2-10(15)13(12)16/h1-6H,7,17H2. The Morgan fingerprint density at radius 1 is 1.17 bits per heavy atom. The number of anilines is 1. The van der Waals surface area contributed by atoms with Gasteiger partial charge in [0.05, 0.1) is 5.02 Å². The first-order valence-corrected chi connectivity index (χ1v) is 5.94. The average Bonchev–Trinajstić information content (AvgIpc) is 2.33. The average molecular weight is 286 g/mol. The van der Waals surface area contributed by atoms with Gasteiger partial charge in [0, 0.05) is 16.3 Å². The molecule has 0 aliphatic heterocycles. The third-order valence-corrected chi connectivity index (χ3v) is 2.93. The van der Waals surface area contributed by atoms with Gasteiger partial charge in [0.1, 0.15) is 6.61 Å². The highest BCUT2D eigenvalue weighted by Crippen LogP contribution is 2.26. The Balaban J connectivity index is 2.14. The van der Waals surface area contributed by atoms with Gasteiger partial charge in [-0.2, -0.15) is 0 Å². The molecule has 0 bridgehead atoms. The highest BCUT2D eigenvalue weighted by molar-refractivity contribution is 6.31. The summed E-state index contributed by atoms with van der Waals surface area (Å²) >= 11 is 11.4. The minimum Gasteiger partial charge on any atom is -0.486 e. The Morgan fingerprint density at radius 2 is 1.94 bits per heavy atom. The van der Waals surface area contributed by atoms with Crippen molar-refractivity contribution in [1.29, 1.82) is 0 Å². The third kappa shape index (κ3) is 2.86. The van der Waals surface area contributed by atoms with E-state index in [0.29, 0.717) is 10.7 Å². The molecule has 5 heteroatoms. The Hall–Kier alpha value is -1.45. The summed E-state index contributed by atoms with van der Waals surface area (Å²) < 4.78 is 18.9. The number of hydrogen-bond donors (Lipinski definition) is 1. The van der Waals surface area contributed by atoms with E-state index in [1.54, 1.807) is 24.3 Å². The maximum atomic E-state index is 13.6. The summed E-state index contributed by atoms with van der Waals surface area (Å²) in [6, 6.07) is 9.64. The summed E-state index contributed by atoms with van der Waals surface area (Å²) in [6.07, 6.45) is 0. The van der Waals surface area contributed by atoms with E-state index < -0.39 is 5.82 Å². The van der Waals surface area contributed by atoms with E-state index in [2.05, 4.69) is 0 Å². The molecular formula is C13H10Cl2FNO. The SMILES string of the molecule is Nc1cc(Cl)ccc1COc1cccc(Cl)c1F. The van der Waals surface area contributed by atoms with Gasteiger partial charge in [-0.15, -0.1) is 0 Å². The van der Waals surface area contributed by atoms with Gasteiger partial charge < -0.3 is 10.5 Å². The summed E-state index contributed by atoms with van der Waals surface area (Å²) in [5.41, 5.74) is 7.01. The number of rotatable bonds is 3. The van der Waals surface area contributed by atoms with Crippen LogP contribution in [-0.4, -0.2) is 0 Å². The van der Waals surface area contributed by atoms with E-state index in [4.69, 9.17) is 33.7 Å². The summed E-state index contributed by atoms with van der Waals surface area (Å²) in [5.74, 6) is -0.483. The number of hydrogen-bond acceptors (Lipinski definition) is 2. The highest BCUT2D eigenvalue weighted by atomic mass is 35.5. The van der Waals surface area contributed by atoms with Crippen LogP contribution in [0.4, 0.5) is 10.1 Å². The number of nitrogen functional groups attached to an aromatic ring is 1. The smallest absolute Gasteiger partial charge is 0.183 e. The number of nitrogens with two attached hydrogens (primary N) is 1. The minimum atomic E-state index is -0.577. The monoisotopic (exact) mass is 285 g/mol. The zero-order chi connectivity index (χ0) is 13.1. The number of halogens is 3. The molecule has 0 amide bonds. The van der Waals surface area contributed by atoms with E-state index in [1.165, 1.54) is 12.1 Å². The van der Waals surface area contributed by atoms with Crippen LogP contribution in [0.15, 0.2) is 36.4 Å². The molecule has 0 unspecified atom stereocenters. The summed E-state index contributed by atoms with van der Waals surface area (Å²) in [7, 11) is 0. The fourth-order valence-corrected chi connectivity index (χ4v) is 1.79. The van der Waals surface area contributed by atoms with Gasteiger partial charge in [-0.1, -0.05) is 35.3 Å². The molecule has 0 aliphatic carbocycles. The van der Waals surface area contributed by atoms with Crippen LogP contribution in [0.5, 0.6) is 5.75 Å². The molecule has 0 radical (unpaired) electrons. The van der Waals surface area contributed by atoms with E-state index in [1.807, 2.05) is 0 Å². The second-order valence-corrected chi connectivity index (χ2v) is 4.53. The normalized spacial score (nSPS) is 10.4. The van der Waals surface area contributed by atoms with Crippen molar-refractivity contribution in [3.05, 3.63) is 57.8 Å². The van der Waals surface area contributed by atoms with Crippen molar-refractivity contribution in [2.75, 3.05) is 5.73 Å². The summed E-state index contributed by atoms with van der Waals surface area (Å²) in [4.78, 5) is 0. The summed E-state index contributed by atoms with van der Waals surface area (Å²) in [5, 5.41) is 0.571. The zero-order valence-electron chi connectivity index (χ0n) is 9.29. The minimum absolute atomic E-state index is 0.0246. The van der Waals surface area contributed by atoms with Crippen molar-refractivity contribution >= 4 is 28.9 Å². The Kier molecular flexibility index (Phi) is 3.94. The first kappa shape index (κ1) is 13.0. The molecule has 18 heavy (non-hydrogen) atoms. The van der Waals surface area contributed by atoms with E-state index >= 15 is 0 Å². The molecule has 94 valence electrons. The van der Waals surface area contributed by atoms with Crippen molar-refractivity contribution in [1.82, 2.24) is 0 Å². The molecule has 0 heterocycles. The van der Waals surface area contributed by atoms with Crippen molar-refractivity contribution in [2.24, 2.45) is 0 Å². The number of ether oxygens (including phenoxy) is 1. The molecule has 0 spiro atoms. The zero-order valence-corrected chi connectivity index (χ0v) is 10.8. The molecule has 0 atom stereocenters. The van der Waals surface area contributed by atoms with E-state index in [0.717, 1.165) is 5.56 Å². The van der Waals surface area contributed by atoms with Crippen LogP contribution in [0.25, 0.3) is 0 Å². The van der Waals surface area contributed by atoms with Crippen LogP contribution in [-0.2, 0) is 6.61 Å². The molecule has 2 aromatic rings. The first-order chi connectivity index (χ1) is 8.58. The van der Waals surface area contributed by atoms with Crippen molar-refractivity contribution in [2.45, 2.75) is 6.61 Å². The second-order valence-electron chi connectivity index (χ2n) is 3.68. The van der Waals surface area contributed by atoms with E-state index in [9.17, 15) is 4.39 Å². The number of benzene rings is 2. The lowest BCUT2D eigenvalue weighted by Crippen LogP contribution is -2.01. The van der Waals surface area contributed by atoms with Gasteiger partial charge >= 0.3 is 0 Å². The largest absolute Gasteiger partial charge is 0.486 e. The lowest BCUT2D eigenvalue weighted by Gasteiger charge is -2.10. The van der Waals surface area contributed by atoms with Crippen molar-refractivity contribution < 1.29 is 9.13 Å². The topological polar surface area (TPSA) is 35.2 Å². The van der Waals surface area contributed by atoms with Crippen LogP contribution < -0.4 is 10.5 Å². The van der Waals surface area contributed by atoms with Crippen LogP contribution in [0, 0.1) is 5.82 Å². The third-order valence-electron chi connectivity index (χ3n) is 2.41. The Labute approximate surface area is 114 Å². The van der Waals surface area contributed by atoms with Gasteiger partial charge in [0.25, 0.3) is 0 Å². The fourth-order valence-electron chi connectivity index (χ4n) is 1.45. The molecule has 2 rings (SSSR count). The van der Waals surface area contributed by atoms with E-state index in [-0.39, 0.29) is 17.4 Å². The van der Waals surface area contributed by atoms with Gasteiger partial charge in [-0.3, -0.25) is 0 Å². The maximum Gasteiger partial charge on any atom is 0.183 e. The van der Waals surface area contributed by atoms with Crippen LogP contribution >= 0.6 is 23.2 Å². The molecule has 0 saturated carbocycles. The van der Waals surface area contributed by atoms with Gasteiger partial charge in [0.15, 0.2) is 11.6 Å². The molecule has 0 saturated heterocycles. The molecule has 0 aliphatic rings. The van der Waals surface area contributed by atoms with Gasteiger partial charge in [-0.05, 0) is 24.3 Å². The summed E-state index contributed by atoms with van der Waals surface area (Å²) in [6.45, 7) is 0.153. The maximum absolute atomic E-state index is 13.6. The molecule has 0 aromatic heterocycles. The van der Waals surface area contributed by atoms with Crippen LogP contribution in [0.3, 0.4) is 0 Å². The fraction of sp³-hybridized carbons (Fsp3) is 0.0769. The molecule has 0 fully saturated rings. The molecule has 2 aromatic carbocycles. The highest BCUT2D eigenvalue weighted by Gasteiger charge is 2.08. The Morgan fingerprint density at radius 3 is 2.67 bits per heavy atom. The van der Waals surface area contributed by atoms with Gasteiger partial charge in [0.2, 0.25) is 0 Å². The van der Waals surface area contributed by atoms with Crippen molar-refractivity contribution in [3.63, 3.8) is 0 Å². The van der Waals surface area contributed by atoms with Gasteiger partial charge in [-0.25, -0.2) is 4.39 Å². The molecule has 2 nitrogen and oxygen atoms in total. The van der Waals surface area contributed by atoms with Crippen LogP contribution in [0.2, 0.25) is 10.0 Å². The quantitative estimate of drug-likeness (QED) is 0.854. The lowest BCUT2D eigenvalue weighted by atomic mass is 10.2. The predicted octanol–water partition coefficient (Wildman–Crippen LogP) is 4.29. The molecular weight excluding hydrogens is 276 g/mol. The van der Waals surface area contributed by atoms with Crippen LogP contribution in [0.1, 0.15) is 5.56 Å². The lowest BCUT2D eigenvalue weighted by molar-refractivity contribution is 0.291. The predicted molar refractivity (Wildman–Crippen MR) is 71.6 cm³/mol. The first-order valence-electron chi connectivity index (χ1n) is 5.18.